The topological polar surface area (TPSA) is 158 Å². The molecule has 2 fully saturated rings. The number of nitrogens with zero attached hydrogens (tertiary/aromatic N) is 4. The third kappa shape index (κ3) is 9.56. The molecule has 3 aliphatic heterocycles. The van der Waals surface area contributed by atoms with Crippen molar-refractivity contribution in [1.82, 2.24) is 35.5 Å². The Balaban J connectivity index is 1.32. The molecular weight excluding hydrogens is 807 g/mol. The summed E-state index contributed by atoms with van der Waals surface area (Å²) in [7, 11) is 1.68. The van der Waals surface area contributed by atoms with E-state index in [0.717, 1.165) is 51.1 Å². The lowest BCUT2D eigenvalue weighted by Gasteiger charge is -2.37. The first-order valence-electron chi connectivity index (χ1n) is 23.4. The second-order valence-corrected chi connectivity index (χ2v) is 20.1. The molecule has 2 unspecified atom stereocenters. The minimum absolute atomic E-state index is 0.00445. The van der Waals surface area contributed by atoms with E-state index in [0.29, 0.717) is 44.3 Å². The lowest BCUT2D eigenvalue weighted by molar-refractivity contribution is -0.155. The molecule has 3 amide bonds. The van der Waals surface area contributed by atoms with Gasteiger partial charge in [-0.05, 0) is 116 Å². The van der Waals surface area contributed by atoms with Gasteiger partial charge in [0.1, 0.15) is 23.9 Å². The van der Waals surface area contributed by atoms with E-state index in [2.05, 4.69) is 93.4 Å². The van der Waals surface area contributed by atoms with E-state index in [-0.39, 0.29) is 54.4 Å². The quantitative estimate of drug-likeness (QED) is 0.130. The van der Waals surface area contributed by atoms with Gasteiger partial charge in [0.25, 0.3) is 5.91 Å². The zero-order valence-corrected chi connectivity index (χ0v) is 39.5. The smallest absolute Gasteiger partial charge is 0.324 e. The fourth-order valence-corrected chi connectivity index (χ4v) is 10.4. The van der Waals surface area contributed by atoms with E-state index in [4.69, 9.17) is 9.72 Å². The van der Waals surface area contributed by atoms with Crippen LogP contribution >= 0.6 is 0 Å². The number of aromatic nitrogens is 2. The number of aromatic hydroxyl groups is 1. The Bertz CT molecular complexity index is 2390. The van der Waals surface area contributed by atoms with Crippen LogP contribution in [0.25, 0.3) is 33.3 Å². The standard InChI is InChI=1S/C51H69N7O6/c1-11-57-42-17-16-33-26-38(42)39(46(57)36-14-12-19-52-43(36)29(2)3)27-51(8,9)28-64-50(63)40-15-13-21-58(55-40)49(62)41(24-32-22-34(33)25-35(59)23-32)54-47(60)45(31(6)7)56(10)48(61)37-18-20-53-44(37)30(4)5/h12,14,16-17,19,22-23,25-26,29-31,37,40-41,44-45,53,55,59H,11,13,15,18,20-21,24,27-28H2,1-10H3,(H,54,60)/t37?,40-,41-,44?,45-/m0/s1. The number of phenols is 1. The number of cyclic esters (lactones) is 1. The molecule has 2 saturated heterocycles. The predicted octanol–water partition coefficient (Wildman–Crippen LogP) is 6.98. The minimum Gasteiger partial charge on any atom is -0.508 e. The van der Waals surface area contributed by atoms with Crippen molar-refractivity contribution in [2.24, 2.45) is 23.2 Å². The number of amides is 3. The number of hydrazine groups is 1. The summed E-state index contributed by atoms with van der Waals surface area (Å²) in [5.41, 5.74) is 10.3. The fraction of sp³-hybridized carbons (Fsp3) is 0.549. The second-order valence-electron chi connectivity index (χ2n) is 20.1. The SMILES string of the molecule is CCn1c(-c2cccnc2C(C)C)c2c3cc(ccc31)-c1cc(O)cc(c1)C[C@H](NC(=O)[C@H](C(C)C)N(C)C(=O)C1CCNC1C(C)C)C(=O)N1CCC[C@H](N1)C(=O)OCC(C)(C)C2. The van der Waals surface area contributed by atoms with Crippen molar-refractivity contribution in [3.8, 4) is 28.1 Å². The number of benzene rings is 2. The van der Waals surface area contributed by atoms with Crippen LogP contribution in [0.15, 0.2) is 54.7 Å². The van der Waals surface area contributed by atoms with Gasteiger partial charge in [0, 0.05) is 60.7 Å². The van der Waals surface area contributed by atoms with Crippen molar-refractivity contribution >= 4 is 34.6 Å². The van der Waals surface area contributed by atoms with E-state index >= 15 is 0 Å². The number of carbonyl (C=O) groups is 4. The molecule has 13 heteroatoms. The van der Waals surface area contributed by atoms with Gasteiger partial charge in [0.05, 0.1) is 23.9 Å². The van der Waals surface area contributed by atoms with Crippen LogP contribution in [0.5, 0.6) is 5.75 Å². The number of hydrogen-bond donors (Lipinski definition) is 4. The molecule has 0 spiro atoms. The number of pyridine rings is 1. The molecule has 5 atom stereocenters. The highest BCUT2D eigenvalue weighted by atomic mass is 16.5. The van der Waals surface area contributed by atoms with Crippen molar-refractivity contribution < 1.29 is 29.0 Å². The highest BCUT2D eigenvalue weighted by molar-refractivity contribution is 5.96. The molecule has 3 aliphatic rings. The first-order valence-corrected chi connectivity index (χ1v) is 23.4. The zero-order chi connectivity index (χ0) is 46.2. The third-order valence-corrected chi connectivity index (χ3v) is 13.5. The molecule has 2 aromatic carbocycles. The van der Waals surface area contributed by atoms with Crippen molar-refractivity contribution in [3.63, 3.8) is 0 Å². The molecule has 5 heterocycles. The van der Waals surface area contributed by atoms with Gasteiger partial charge in [0.2, 0.25) is 11.8 Å². The van der Waals surface area contributed by atoms with Gasteiger partial charge in [-0.15, -0.1) is 0 Å². The molecule has 4 aromatic rings. The Morgan fingerprint density at radius 2 is 1.80 bits per heavy atom. The number of hydrogen-bond acceptors (Lipinski definition) is 9. The summed E-state index contributed by atoms with van der Waals surface area (Å²) >= 11 is 0. The molecule has 64 heavy (non-hydrogen) atoms. The minimum atomic E-state index is -1.10. The lowest BCUT2D eigenvalue weighted by atomic mass is 9.83. The highest BCUT2D eigenvalue weighted by Crippen LogP contribution is 2.42. The molecule has 13 nitrogen and oxygen atoms in total. The largest absolute Gasteiger partial charge is 0.508 e. The van der Waals surface area contributed by atoms with E-state index in [1.807, 2.05) is 32.2 Å². The summed E-state index contributed by atoms with van der Waals surface area (Å²) in [6.07, 6.45) is 4.18. The average Bonchev–Trinajstić information content (AvgIpc) is 3.87. The van der Waals surface area contributed by atoms with Gasteiger partial charge >= 0.3 is 5.97 Å². The normalized spacial score (nSPS) is 22.2. The van der Waals surface area contributed by atoms with Gasteiger partial charge in [-0.1, -0.05) is 67.5 Å². The molecule has 2 aromatic heterocycles. The summed E-state index contributed by atoms with van der Waals surface area (Å²) in [5.74, 6) is -1.51. The molecule has 4 N–H and O–H groups in total. The molecular formula is C51H69N7O6. The van der Waals surface area contributed by atoms with E-state index in [1.54, 1.807) is 24.1 Å². The van der Waals surface area contributed by atoms with Crippen LogP contribution in [0.3, 0.4) is 0 Å². The number of aryl methyl sites for hydroxylation is 1. The maximum atomic E-state index is 14.7. The van der Waals surface area contributed by atoms with Gasteiger partial charge < -0.3 is 29.9 Å². The number of rotatable bonds is 9. The maximum Gasteiger partial charge on any atom is 0.324 e. The monoisotopic (exact) mass is 876 g/mol. The highest BCUT2D eigenvalue weighted by Gasteiger charge is 2.42. The van der Waals surface area contributed by atoms with Crippen LogP contribution in [0, 0.1) is 23.2 Å². The molecule has 0 radical (unpaired) electrons. The fourth-order valence-electron chi connectivity index (χ4n) is 10.4. The van der Waals surface area contributed by atoms with Crippen molar-refractivity contribution in [3.05, 3.63) is 71.5 Å². The Hall–Kier alpha value is -5.27. The first kappa shape index (κ1) is 46.7. The molecule has 0 saturated carbocycles. The first-order chi connectivity index (χ1) is 30.4. The number of esters is 1. The van der Waals surface area contributed by atoms with Crippen LogP contribution in [-0.2, 0) is 43.3 Å². The van der Waals surface area contributed by atoms with E-state index < -0.39 is 41.3 Å². The summed E-state index contributed by atoms with van der Waals surface area (Å²) in [6.45, 7) is 20.6. The number of ether oxygens (including phenoxy) is 1. The Morgan fingerprint density at radius 1 is 1.03 bits per heavy atom. The van der Waals surface area contributed by atoms with Crippen LogP contribution in [0.4, 0.5) is 0 Å². The predicted molar refractivity (Wildman–Crippen MR) is 250 cm³/mol. The van der Waals surface area contributed by atoms with Crippen molar-refractivity contribution in [2.45, 2.75) is 131 Å². The summed E-state index contributed by atoms with van der Waals surface area (Å²) in [6, 6.07) is 13.1. The summed E-state index contributed by atoms with van der Waals surface area (Å²) in [4.78, 5) is 63.7. The molecule has 0 aliphatic carbocycles. The zero-order valence-electron chi connectivity index (χ0n) is 39.5. The Kier molecular flexibility index (Phi) is 13.9. The summed E-state index contributed by atoms with van der Waals surface area (Å²) < 4.78 is 8.47. The van der Waals surface area contributed by atoms with E-state index in [1.165, 1.54) is 5.01 Å². The molecule has 6 bridgehead atoms. The number of likely N-dealkylation sites (N-methyl/N-ethyl adjacent to an activating group) is 1. The number of phenolic OH excluding ortho intramolecular Hbond substituents is 1. The van der Waals surface area contributed by atoms with Crippen LogP contribution in [0.2, 0.25) is 0 Å². The van der Waals surface area contributed by atoms with Gasteiger partial charge in [-0.2, -0.15) is 0 Å². The summed E-state index contributed by atoms with van der Waals surface area (Å²) in [5, 5.41) is 20.3. The third-order valence-electron chi connectivity index (χ3n) is 13.5. The molecule has 7 rings (SSSR count). The van der Waals surface area contributed by atoms with Crippen LogP contribution < -0.4 is 16.1 Å². The number of nitrogens with one attached hydrogen (secondary N) is 3. The van der Waals surface area contributed by atoms with Gasteiger partial charge in [0.15, 0.2) is 0 Å². The Labute approximate surface area is 378 Å². The maximum absolute atomic E-state index is 14.7. The Morgan fingerprint density at radius 3 is 2.50 bits per heavy atom. The van der Waals surface area contributed by atoms with Gasteiger partial charge in [-0.25, -0.2) is 5.43 Å². The van der Waals surface area contributed by atoms with Crippen molar-refractivity contribution in [2.75, 3.05) is 26.7 Å². The number of carbonyl (C=O) groups excluding carboxylic acids is 4. The van der Waals surface area contributed by atoms with E-state index in [9.17, 15) is 24.3 Å². The van der Waals surface area contributed by atoms with Crippen LogP contribution in [-0.4, -0.2) is 99.2 Å². The number of fused-ring (bicyclic) bond motifs is 6. The second kappa shape index (κ2) is 19.1. The van der Waals surface area contributed by atoms with Crippen LogP contribution in [0.1, 0.15) is 104 Å². The van der Waals surface area contributed by atoms with Gasteiger partial charge in [-0.3, -0.25) is 29.2 Å². The lowest BCUT2D eigenvalue weighted by Crippen LogP contribution is -2.62. The molecule has 344 valence electrons. The average molecular weight is 876 g/mol. The van der Waals surface area contributed by atoms with Crippen molar-refractivity contribution in [1.29, 1.82) is 0 Å².